The fraction of sp³-hybridized carbons (Fsp3) is 0.222. The number of carbonyl (C=O) groups is 2. The Labute approximate surface area is 70.4 Å². The Morgan fingerprint density at radius 1 is 1.17 bits per heavy atom. The number of nitrogens with zero attached hydrogens (tertiary/aromatic N) is 1. The van der Waals surface area contributed by atoms with Crippen molar-refractivity contribution in [2.24, 2.45) is 0 Å². The van der Waals surface area contributed by atoms with Crippen LogP contribution < -0.4 is 0 Å². The Bertz CT molecular complexity index is 298. The molecule has 0 N–H and O–H groups in total. The average Bonchev–Trinajstić information content (AvgIpc) is 2.04. The van der Waals surface area contributed by atoms with Gasteiger partial charge >= 0.3 is 0 Å². The number of ketones is 2. The lowest BCUT2D eigenvalue weighted by atomic mass is 10.0. The molecular formula is C9H9NO2. The average molecular weight is 163 g/mol. The minimum absolute atomic E-state index is 0.109. The number of hydrogen-bond acceptors (Lipinski definition) is 3. The van der Waals surface area contributed by atoms with E-state index in [1.54, 1.807) is 6.07 Å². The zero-order valence-corrected chi connectivity index (χ0v) is 7.00. The highest BCUT2D eigenvalue weighted by Gasteiger charge is 2.09. The first-order chi connectivity index (χ1) is 5.63. The second-order valence-electron chi connectivity index (χ2n) is 2.53. The lowest BCUT2D eigenvalue weighted by Crippen LogP contribution is -2.03. The molecule has 0 spiro atoms. The molecule has 12 heavy (non-hydrogen) atoms. The molecule has 0 aliphatic heterocycles. The van der Waals surface area contributed by atoms with Crippen LogP contribution in [0.3, 0.4) is 0 Å². The van der Waals surface area contributed by atoms with Crippen LogP contribution in [0.5, 0.6) is 0 Å². The number of carbonyl (C=O) groups excluding carboxylic acids is 2. The van der Waals surface area contributed by atoms with Gasteiger partial charge in [-0.3, -0.25) is 14.6 Å². The van der Waals surface area contributed by atoms with Crippen molar-refractivity contribution in [3.05, 3.63) is 29.6 Å². The van der Waals surface area contributed by atoms with Crippen molar-refractivity contribution < 1.29 is 9.59 Å². The minimum Gasteiger partial charge on any atom is -0.294 e. The van der Waals surface area contributed by atoms with Crippen LogP contribution in [0.1, 0.15) is 34.6 Å². The molecule has 1 rings (SSSR count). The number of Topliss-reactive ketones (excluding diaryl/α,β-unsaturated/α-hetero) is 2. The first kappa shape index (κ1) is 8.59. The third-order valence-corrected chi connectivity index (χ3v) is 1.58. The molecule has 0 bridgehead atoms. The van der Waals surface area contributed by atoms with E-state index in [4.69, 9.17) is 0 Å². The molecule has 1 aromatic rings. The quantitative estimate of drug-likeness (QED) is 0.620. The summed E-state index contributed by atoms with van der Waals surface area (Å²) >= 11 is 0. The number of pyridine rings is 1. The molecule has 3 heteroatoms. The van der Waals surface area contributed by atoms with Gasteiger partial charge in [-0.15, -0.1) is 0 Å². The SMILES string of the molecule is CC(=O)c1ccncc1C(C)=O. The first-order valence-corrected chi connectivity index (χ1v) is 3.59. The van der Waals surface area contributed by atoms with E-state index in [1.807, 2.05) is 0 Å². The fourth-order valence-corrected chi connectivity index (χ4v) is 0.982. The predicted molar refractivity (Wildman–Crippen MR) is 44.2 cm³/mol. The van der Waals surface area contributed by atoms with Crippen molar-refractivity contribution in [2.45, 2.75) is 13.8 Å². The van der Waals surface area contributed by atoms with E-state index in [1.165, 1.54) is 26.2 Å². The van der Waals surface area contributed by atoms with Gasteiger partial charge in [0.1, 0.15) is 0 Å². The highest BCUT2D eigenvalue weighted by molar-refractivity contribution is 6.06. The van der Waals surface area contributed by atoms with Crippen LogP contribution in [0.4, 0.5) is 0 Å². The molecule has 0 saturated carbocycles. The Hall–Kier alpha value is -1.51. The van der Waals surface area contributed by atoms with Gasteiger partial charge < -0.3 is 0 Å². The Kier molecular flexibility index (Phi) is 2.33. The molecular weight excluding hydrogens is 154 g/mol. The van der Waals surface area contributed by atoms with Crippen molar-refractivity contribution in [1.29, 1.82) is 0 Å². The maximum Gasteiger partial charge on any atom is 0.162 e. The monoisotopic (exact) mass is 163 g/mol. The summed E-state index contributed by atoms with van der Waals surface area (Å²) in [5, 5.41) is 0. The van der Waals surface area contributed by atoms with Crippen LogP contribution in [-0.2, 0) is 0 Å². The predicted octanol–water partition coefficient (Wildman–Crippen LogP) is 1.49. The zero-order chi connectivity index (χ0) is 9.14. The van der Waals surface area contributed by atoms with Crippen LogP contribution >= 0.6 is 0 Å². The molecule has 0 fully saturated rings. The van der Waals surface area contributed by atoms with Gasteiger partial charge in [0, 0.05) is 23.5 Å². The molecule has 3 nitrogen and oxygen atoms in total. The van der Waals surface area contributed by atoms with Crippen LogP contribution in [0.25, 0.3) is 0 Å². The maximum atomic E-state index is 11.0. The van der Waals surface area contributed by atoms with Crippen LogP contribution in [0.2, 0.25) is 0 Å². The van der Waals surface area contributed by atoms with Gasteiger partial charge in [-0.1, -0.05) is 0 Å². The smallest absolute Gasteiger partial charge is 0.162 e. The second kappa shape index (κ2) is 3.26. The molecule has 0 atom stereocenters. The lowest BCUT2D eigenvalue weighted by molar-refractivity contribution is 0.0980. The van der Waals surface area contributed by atoms with E-state index in [0.717, 1.165) is 0 Å². The summed E-state index contributed by atoms with van der Waals surface area (Å²) < 4.78 is 0. The largest absolute Gasteiger partial charge is 0.294 e. The summed E-state index contributed by atoms with van der Waals surface area (Å²) in [6, 6.07) is 1.55. The molecule has 0 aliphatic carbocycles. The molecule has 1 aromatic heterocycles. The number of rotatable bonds is 2. The number of hydrogen-bond donors (Lipinski definition) is 0. The fourth-order valence-electron chi connectivity index (χ4n) is 0.982. The molecule has 0 saturated heterocycles. The normalized spacial score (nSPS) is 9.50. The third-order valence-electron chi connectivity index (χ3n) is 1.58. The molecule has 0 unspecified atom stereocenters. The lowest BCUT2D eigenvalue weighted by Gasteiger charge is -2.00. The van der Waals surface area contributed by atoms with Gasteiger partial charge in [0.05, 0.1) is 0 Å². The van der Waals surface area contributed by atoms with Crippen LogP contribution in [0.15, 0.2) is 18.5 Å². The van der Waals surface area contributed by atoms with Crippen molar-refractivity contribution in [3.8, 4) is 0 Å². The van der Waals surface area contributed by atoms with E-state index in [0.29, 0.717) is 11.1 Å². The minimum atomic E-state index is -0.131. The van der Waals surface area contributed by atoms with Gasteiger partial charge in [-0.25, -0.2) is 0 Å². The topological polar surface area (TPSA) is 47.0 Å². The van der Waals surface area contributed by atoms with Gasteiger partial charge in [0.15, 0.2) is 11.6 Å². The third kappa shape index (κ3) is 1.56. The van der Waals surface area contributed by atoms with Crippen molar-refractivity contribution >= 4 is 11.6 Å². The van der Waals surface area contributed by atoms with Gasteiger partial charge in [-0.2, -0.15) is 0 Å². The highest BCUT2D eigenvalue weighted by Crippen LogP contribution is 2.07. The standard InChI is InChI=1S/C9H9NO2/c1-6(11)8-3-4-10-5-9(8)7(2)12/h3-5H,1-2H3. The summed E-state index contributed by atoms with van der Waals surface area (Å²) in [6.45, 7) is 2.85. The number of aromatic nitrogens is 1. The van der Waals surface area contributed by atoms with E-state index >= 15 is 0 Å². The van der Waals surface area contributed by atoms with Crippen LogP contribution in [-0.4, -0.2) is 16.6 Å². The highest BCUT2D eigenvalue weighted by atomic mass is 16.1. The van der Waals surface area contributed by atoms with Crippen LogP contribution in [0, 0.1) is 0 Å². The summed E-state index contributed by atoms with van der Waals surface area (Å²) in [5.41, 5.74) is 0.836. The molecule has 0 amide bonds. The Balaban J connectivity index is 3.27. The van der Waals surface area contributed by atoms with Crippen molar-refractivity contribution in [3.63, 3.8) is 0 Å². The zero-order valence-electron chi connectivity index (χ0n) is 7.00. The Morgan fingerprint density at radius 2 is 1.75 bits per heavy atom. The van der Waals surface area contributed by atoms with Gasteiger partial charge in [0.25, 0.3) is 0 Å². The summed E-state index contributed by atoms with van der Waals surface area (Å²) in [4.78, 5) is 25.7. The van der Waals surface area contributed by atoms with Crippen molar-refractivity contribution in [2.75, 3.05) is 0 Å². The van der Waals surface area contributed by atoms with E-state index in [-0.39, 0.29) is 11.6 Å². The molecule has 0 aromatic carbocycles. The summed E-state index contributed by atoms with van der Waals surface area (Å²) in [7, 11) is 0. The Morgan fingerprint density at radius 3 is 2.17 bits per heavy atom. The van der Waals surface area contributed by atoms with E-state index < -0.39 is 0 Å². The van der Waals surface area contributed by atoms with Gasteiger partial charge in [-0.05, 0) is 19.9 Å². The van der Waals surface area contributed by atoms with E-state index in [9.17, 15) is 9.59 Å². The van der Waals surface area contributed by atoms with E-state index in [2.05, 4.69) is 4.98 Å². The molecule has 62 valence electrons. The maximum absolute atomic E-state index is 11.0. The van der Waals surface area contributed by atoms with Gasteiger partial charge in [0.2, 0.25) is 0 Å². The first-order valence-electron chi connectivity index (χ1n) is 3.59. The summed E-state index contributed by atoms with van der Waals surface area (Å²) in [6.07, 6.45) is 2.92. The molecule has 1 heterocycles. The molecule has 0 aliphatic rings. The second-order valence-corrected chi connectivity index (χ2v) is 2.53. The summed E-state index contributed by atoms with van der Waals surface area (Å²) in [5.74, 6) is -0.240. The molecule has 0 radical (unpaired) electrons. The van der Waals surface area contributed by atoms with Crippen molar-refractivity contribution in [1.82, 2.24) is 4.98 Å².